The van der Waals surface area contributed by atoms with Crippen LogP contribution in [0.4, 0.5) is 11.4 Å². The molecule has 3 aromatic carbocycles. The quantitative estimate of drug-likeness (QED) is 0.413. The fraction of sp³-hybridized carbons (Fsp3) is 0.120. The van der Waals surface area contributed by atoms with Crippen LogP contribution in [0.3, 0.4) is 0 Å². The summed E-state index contributed by atoms with van der Waals surface area (Å²) in [6.07, 6.45) is 0. The molecule has 1 unspecified atom stereocenters. The highest BCUT2D eigenvalue weighted by molar-refractivity contribution is 7.85. The SMILES string of the molecule is CCOC(=O)c1cc(-c2ccc3c(c2)N(C)c2ccccc2S3=O)nc2ccccc12. The first-order chi connectivity index (χ1) is 15.1. The van der Waals surface area contributed by atoms with E-state index in [0.29, 0.717) is 17.9 Å². The number of hydrogen-bond donors (Lipinski definition) is 0. The van der Waals surface area contributed by atoms with Crippen LogP contribution in [0.1, 0.15) is 17.3 Å². The highest BCUT2D eigenvalue weighted by Gasteiger charge is 2.26. The van der Waals surface area contributed by atoms with Gasteiger partial charge in [-0.2, -0.15) is 0 Å². The van der Waals surface area contributed by atoms with Crippen molar-refractivity contribution in [2.24, 2.45) is 0 Å². The van der Waals surface area contributed by atoms with Crippen molar-refractivity contribution in [2.45, 2.75) is 16.7 Å². The van der Waals surface area contributed by atoms with Gasteiger partial charge in [-0.3, -0.25) is 0 Å². The molecule has 0 saturated carbocycles. The predicted molar refractivity (Wildman–Crippen MR) is 122 cm³/mol. The Kier molecular flexibility index (Phi) is 4.79. The molecule has 0 saturated heterocycles. The molecule has 6 heteroatoms. The monoisotopic (exact) mass is 428 g/mol. The fourth-order valence-corrected chi connectivity index (χ4v) is 5.35. The molecule has 1 aliphatic rings. The first-order valence-corrected chi connectivity index (χ1v) is 11.2. The molecule has 0 spiro atoms. The Labute approximate surface area is 182 Å². The summed E-state index contributed by atoms with van der Waals surface area (Å²) in [5, 5.41) is 0.759. The van der Waals surface area contributed by atoms with E-state index in [0.717, 1.165) is 37.6 Å². The number of carbonyl (C=O) groups is 1. The Morgan fingerprint density at radius 1 is 0.968 bits per heavy atom. The van der Waals surface area contributed by atoms with Gasteiger partial charge in [0.2, 0.25) is 0 Å². The summed E-state index contributed by atoms with van der Waals surface area (Å²) in [6.45, 7) is 2.10. The molecule has 1 aliphatic heterocycles. The number of rotatable bonds is 3. The first-order valence-electron chi connectivity index (χ1n) is 10.0. The van der Waals surface area contributed by atoms with Crippen molar-refractivity contribution in [1.29, 1.82) is 0 Å². The maximum absolute atomic E-state index is 13.1. The zero-order valence-electron chi connectivity index (χ0n) is 17.2. The summed E-state index contributed by atoms with van der Waals surface area (Å²) in [6, 6.07) is 22.8. The van der Waals surface area contributed by atoms with Crippen molar-refractivity contribution in [3.63, 3.8) is 0 Å². The number of pyridine rings is 1. The lowest BCUT2D eigenvalue weighted by atomic mass is 10.0. The number of esters is 1. The normalized spacial score (nSPS) is 14.8. The molecule has 2 heterocycles. The van der Waals surface area contributed by atoms with Gasteiger partial charge < -0.3 is 9.64 Å². The Hall–Kier alpha value is -3.51. The lowest BCUT2D eigenvalue weighted by Gasteiger charge is -2.29. The van der Waals surface area contributed by atoms with Crippen molar-refractivity contribution >= 4 is 39.0 Å². The van der Waals surface area contributed by atoms with Gasteiger partial charge in [-0.1, -0.05) is 36.4 Å². The van der Waals surface area contributed by atoms with E-state index in [-0.39, 0.29) is 5.97 Å². The predicted octanol–water partition coefficient (Wildman–Crippen LogP) is 5.33. The van der Waals surface area contributed by atoms with Crippen molar-refractivity contribution in [3.8, 4) is 11.3 Å². The number of ether oxygens (including phenoxy) is 1. The first kappa shape index (κ1) is 19.5. The van der Waals surface area contributed by atoms with Crippen LogP contribution in [0.2, 0.25) is 0 Å². The van der Waals surface area contributed by atoms with Crippen LogP contribution in [-0.4, -0.2) is 28.8 Å². The third-order valence-electron chi connectivity index (χ3n) is 5.45. The molecule has 154 valence electrons. The Morgan fingerprint density at radius 2 is 1.71 bits per heavy atom. The Balaban J connectivity index is 1.67. The van der Waals surface area contributed by atoms with Gasteiger partial charge in [0.05, 0.1) is 55.3 Å². The topological polar surface area (TPSA) is 59.5 Å². The number of benzene rings is 3. The van der Waals surface area contributed by atoms with Crippen LogP contribution in [0.25, 0.3) is 22.2 Å². The van der Waals surface area contributed by atoms with Crippen LogP contribution in [0.5, 0.6) is 0 Å². The zero-order chi connectivity index (χ0) is 21.5. The minimum Gasteiger partial charge on any atom is -0.462 e. The number of carbonyl (C=O) groups excluding carboxylic acids is 1. The maximum atomic E-state index is 13.1. The summed E-state index contributed by atoms with van der Waals surface area (Å²) >= 11 is 0. The van der Waals surface area contributed by atoms with Crippen LogP contribution >= 0.6 is 0 Å². The lowest BCUT2D eigenvalue weighted by Crippen LogP contribution is -2.19. The van der Waals surface area contributed by atoms with Gasteiger partial charge in [0.25, 0.3) is 0 Å². The molecule has 5 nitrogen and oxygen atoms in total. The van der Waals surface area contributed by atoms with Crippen LogP contribution < -0.4 is 4.90 Å². The molecule has 4 aromatic rings. The summed E-state index contributed by atoms with van der Waals surface area (Å²) in [4.78, 5) is 21.0. The zero-order valence-corrected chi connectivity index (χ0v) is 18.0. The van der Waals surface area contributed by atoms with E-state index in [1.807, 2.05) is 78.7 Å². The largest absolute Gasteiger partial charge is 0.462 e. The molecule has 0 amide bonds. The fourth-order valence-electron chi connectivity index (χ4n) is 3.94. The Morgan fingerprint density at radius 3 is 2.55 bits per heavy atom. The van der Waals surface area contributed by atoms with Crippen LogP contribution in [0, 0.1) is 0 Å². The van der Waals surface area contributed by atoms with Crippen molar-refractivity contribution in [1.82, 2.24) is 4.98 Å². The van der Waals surface area contributed by atoms with E-state index >= 15 is 0 Å². The second kappa shape index (κ2) is 7.63. The second-order valence-electron chi connectivity index (χ2n) is 7.27. The van der Waals surface area contributed by atoms with Gasteiger partial charge in [-0.25, -0.2) is 14.0 Å². The molecular formula is C25H20N2O3S. The second-order valence-corrected chi connectivity index (χ2v) is 8.69. The highest BCUT2D eigenvalue weighted by atomic mass is 32.2. The number of nitrogens with zero attached hydrogens (tertiary/aromatic N) is 2. The standard InChI is InChI=1S/C25H20N2O3S/c1-3-30-25(28)18-15-20(26-19-9-5-4-8-17(18)19)16-12-13-24-22(14-16)27(2)21-10-6-7-11-23(21)31(24)29/h4-15H,3H2,1-2H3. The molecule has 1 atom stereocenters. The minimum absolute atomic E-state index is 0.305. The van der Waals surface area contributed by atoms with Crippen LogP contribution in [-0.2, 0) is 15.5 Å². The van der Waals surface area contributed by atoms with E-state index < -0.39 is 10.8 Å². The van der Waals surface area contributed by atoms with Crippen LogP contribution in [0.15, 0.2) is 82.6 Å². The van der Waals surface area contributed by atoms with E-state index in [1.165, 1.54) is 0 Å². The highest BCUT2D eigenvalue weighted by Crippen LogP contribution is 2.42. The van der Waals surface area contributed by atoms with Gasteiger partial charge in [0.1, 0.15) is 0 Å². The summed E-state index contributed by atoms with van der Waals surface area (Å²) in [5.74, 6) is -0.368. The molecule has 0 N–H and O–H groups in total. The summed E-state index contributed by atoms with van der Waals surface area (Å²) in [7, 11) is 0.720. The summed E-state index contributed by atoms with van der Waals surface area (Å²) in [5.41, 5.74) is 4.51. The molecular weight excluding hydrogens is 408 g/mol. The minimum atomic E-state index is -1.25. The Bertz CT molecular complexity index is 1370. The van der Waals surface area contributed by atoms with E-state index in [2.05, 4.69) is 0 Å². The van der Waals surface area contributed by atoms with Crippen molar-refractivity contribution < 1.29 is 13.7 Å². The maximum Gasteiger partial charge on any atom is 0.338 e. The smallest absolute Gasteiger partial charge is 0.338 e. The summed E-state index contributed by atoms with van der Waals surface area (Å²) < 4.78 is 18.4. The number of hydrogen-bond acceptors (Lipinski definition) is 5. The van der Waals surface area contributed by atoms with E-state index in [9.17, 15) is 9.00 Å². The van der Waals surface area contributed by atoms with E-state index in [1.54, 1.807) is 13.0 Å². The number of aromatic nitrogens is 1. The average Bonchev–Trinajstić information content (AvgIpc) is 2.81. The number of anilines is 2. The lowest BCUT2D eigenvalue weighted by molar-refractivity contribution is 0.0528. The third kappa shape index (κ3) is 3.20. The van der Waals surface area contributed by atoms with Gasteiger partial charge in [0, 0.05) is 18.0 Å². The average molecular weight is 429 g/mol. The van der Waals surface area contributed by atoms with Gasteiger partial charge >= 0.3 is 5.97 Å². The van der Waals surface area contributed by atoms with E-state index in [4.69, 9.17) is 9.72 Å². The molecule has 31 heavy (non-hydrogen) atoms. The number of fused-ring (bicyclic) bond motifs is 3. The van der Waals surface area contributed by atoms with Gasteiger partial charge in [-0.05, 0) is 43.3 Å². The third-order valence-corrected chi connectivity index (χ3v) is 6.94. The van der Waals surface area contributed by atoms with Gasteiger partial charge in [0.15, 0.2) is 0 Å². The van der Waals surface area contributed by atoms with Crippen molar-refractivity contribution in [3.05, 3.63) is 78.4 Å². The molecule has 0 fully saturated rings. The number of para-hydroxylation sites is 2. The van der Waals surface area contributed by atoms with Crippen molar-refractivity contribution in [2.75, 3.05) is 18.6 Å². The molecule has 1 aromatic heterocycles. The molecule has 0 radical (unpaired) electrons. The van der Waals surface area contributed by atoms with Gasteiger partial charge in [-0.15, -0.1) is 0 Å². The molecule has 0 aliphatic carbocycles. The molecule has 0 bridgehead atoms. The molecule has 5 rings (SSSR count).